The molecule has 1 saturated heterocycles. The lowest BCUT2D eigenvalue weighted by Crippen LogP contribution is -2.61. The van der Waals surface area contributed by atoms with Crippen LogP contribution in [0.2, 0.25) is 0 Å². The van der Waals surface area contributed by atoms with Gasteiger partial charge in [-0.05, 0) is 27.9 Å². The van der Waals surface area contributed by atoms with Crippen LogP contribution < -0.4 is 5.32 Å². The molecule has 1 fully saturated rings. The average Bonchev–Trinajstić information content (AvgIpc) is 2.30. The Morgan fingerprint density at radius 2 is 1.94 bits per heavy atom. The molecule has 0 saturated carbocycles. The SMILES string of the molecule is CC1NC(=O)C(C)N(CCOCCN(C)C)C1=O. The molecule has 1 aliphatic rings. The second kappa shape index (κ2) is 6.70. The van der Waals surface area contributed by atoms with Crippen molar-refractivity contribution in [3.63, 3.8) is 0 Å². The highest BCUT2D eigenvalue weighted by molar-refractivity contribution is 5.96. The normalized spacial score (nSPS) is 24.6. The number of nitrogens with one attached hydrogen (secondary N) is 1. The second-order valence-electron chi connectivity index (χ2n) is 4.85. The van der Waals surface area contributed by atoms with E-state index in [4.69, 9.17) is 4.74 Å². The molecule has 0 aromatic carbocycles. The van der Waals surface area contributed by atoms with E-state index in [1.165, 1.54) is 0 Å². The van der Waals surface area contributed by atoms with E-state index < -0.39 is 12.1 Å². The first-order chi connectivity index (χ1) is 8.43. The van der Waals surface area contributed by atoms with Crippen molar-refractivity contribution >= 4 is 11.8 Å². The lowest BCUT2D eigenvalue weighted by Gasteiger charge is -2.36. The first-order valence-electron chi connectivity index (χ1n) is 6.27. The molecule has 2 atom stereocenters. The van der Waals surface area contributed by atoms with Crippen LogP contribution in [0.15, 0.2) is 0 Å². The number of likely N-dealkylation sites (N-methyl/N-ethyl adjacent to an activating group) is 1. The summed E-state index contributed by atoms with van der Waals surface area (Å²) in [5.74, 6) is -0.145. The fourth-order valence-electron chi connectivity index (χ4n) is 1.79. The van der Waals surface area contributed by atoms with Crippen molar-refractivity contribution in [1.29, 1.82) is 0 Å². The summed E-state index contributed by atoms with van der Waals surface area (Å²) in [4.78, 5) is 27.1. The summed E-state index contributed by atoms with van der Waals surface area (Å²) < 4.78 is 5.45. The minimum Gasteiger partial charge on any atom is -0.378 e. The van der Waals surface area contributed by atoms with E-state index in [1.54, 1.807) is 18.7 Å². The molecule has 0 radical (unpaired) electrons. The molecule has 0 aromatic heterocycles. The van der Waals surface area contributed by atoms with E-state index in [1.807, 2.05) is 19.0 Å². The molecule has 104 valence electrons. The molecule has 2 amide bonds. The van der Waals surface area contributed by atoms with E-state index in [2.05, 4.69) is 5.32 Å². The molecule has 6 heteroatoms. The molecule has 0 aromatic rings. The fraction of sp³-hybridized carbons (Fsp3) is 0.833. The molecule has 0 aliphatic carbocycles. The van der Waals surface area contributed by atoms with Gasteiger partial charge in [0.25, 0.3) is 0 Å². The van der Waals surface area contributed by atoms with Gasteiger partial charge in [-0.2, -0.15) is 0 Å². The maximum absolute atomic E-state index is 11.9. The summed E-state index contributed by atoms with van der Waals surface area (Å²) >= 11 is 0. The van der Waals surface area contributed by atoms with Gasteiger partial charge < -0.3 is 19.9 Å². The van der Waals surface area contributed by atoms with Crippen LogP contribution in [-0.2, 0) is 14.3 Å². The van der Waals surface area contributed by atoms with Crippen LogP contribution >= 0.6 is 0 Å². The average molecular weight is 257 g/mol. The van der Waals surface area contributed by atoms with Crippen LogP contribution in [0.4, 0.5) is 0 Å². The maximum atomic E-state index is 11.9. The van der Waals surface area contributed by atoms with Crippen molar-refractivity contribution in [2.24, 2.45) is 0 Å². The Hall–Kier alpha value is -1.14. The molecule has 1 aliphatic heterocycles. The summed E-state index contributed by atoms with van der Waals surface area (Å²) in [6, 6.07) is -0.846. The van der Waals surface area contributed by atoms with E-state index in [9.17, 15) is 9.59 Å². The predicted octanol–water partition coefficient (Wildman–Crippen LogP) is -0.700. The van der Waals surface area contributed by atoms with Gasteiger partial charge in [0.15, 0.2) is 0 Å². The van der Waals surface area contributed by atoms with Gasteiger partial charge in [-0.25, -0.2) is 0 Å². The van der Waals surface area contributed by atoms with Crippen LogP contribution in [0.25, 0.3) is 0 Å². The third-order valence-corrected chi connectivity index (χ3v) is 3.02. The van der Waals surface area contributed by atoms with Gasteiger partial charge in [-0.3, -0.25) is 9.59 Å². The zero-order valence-electron chi connectivity index (χ0n) is 11.6. The summed E-state index contributed by atoms with van der Waals surface area (Å²) in [5, 5.41) is 2.65. The van der Waals surface area contributed by atoms with Gasteiger partial charge in [-0.1, -0.05) is 0 Å². The first-order valence-corrected chi connectivity index (χ1v) is 6.27. The van der Waals surface area contributed by atoms with Gasteiger partial charge in [0.1, 0.15) is 12.1 Å². The Labute approximate surface area is 108 Å². The van der Waals surface area contributed by atoms with Crippen molar-refractivity contribution in [2.75, 3.05) is 40.4 Å². The minimum absolute atomic E-state index is 0.0432. The number of hydrogen-bond acceptors (Lipinski definition) is 4. The number of nitrogens with zero attached hydrogens (tertiary/aromatic N) is 2. The van der Waals surface area contributed by atoms with Gasteiger partial charge in [0.2, 0.25) is 11.8 Å². The quantitative estimate of drug-likeness (QED) is 0.639. The van der Waals surface area contributed by atoms with E-state index in [0.29, 0.717) is 19.8 Å². The molecule has 0 spiro atoms. The highest BCUT2D eigenvalue weighted by Gasteiger charge is 2.35. The van der Waals surface area contributed by atoms with Crippen LogP contribution in [-0.4, -0.2) is 74.1 Å². The summed E-state index contributed by atoms with van der Waals surface area (Å²) in [6.45, 7) is 5.84. The first kappa shape index (κ1) is 14.9. The number of ether oxygens (including phenoxy) is 1. The van der Waals surface area contributed by atoms with Crippen LogP contribution in [0, 0.1) is 0 Å². The summed E-state index contributed by atoms with van der Waals surface area (Å²) in [5.41, 5.74) is 0. The standard InChI is InChI=1S/C12H23N3O3/c1-9-12(17)15(10(2)11(16)13-9)6-8-18-7-5-14(3)4/h9-10H,5-8H2,1-4H3,(H,13,16). The molecule has 1 N–H and O–H groups in total. The zero-order valence-corrected chi connectivity index (χ0v) is 11.6. The Kier molecular flexibility index (Phi) is 5.55. The Morgan fingerprint density at radius 3 is 2.56 bits per heavy atom. The van der Waals surface area contributed by atoms with Crippen molar-refractivity contribution in [3.8, 4) is 0 Å². The number of piperazine rings is 1. The predicted molar refractivity (Wildman–Crippen MR) is 68.2 cm³/mol. The molecule has 18 heavy (non-hydrogen) atoms. The Balaban J connectivity index is 2.34. The van der Waals surface area contributed by atoms with Crippen molar-refractivity contribution in [2.45, 2.75) is 25.9 Å². The number of hydrogen-bond donors (Lipinski definition) is 1. The smallest absolute Gasteiger partial charge is 0.245 e. The monoisotopic (exact) mass is 257 g/mol. The molecular formula is C12H23N3O3. The molecule has 6 nitrogen and oxygen atoms in total. The third kappa shape index (κ3) is 3.96. The van der Waals surface area contributed by atoms with Gasteiger partial charge in [-0.15, -0.1) is 0 Å². The largest absolute Gasteiger partial charge is 0.378 e. The molecule has 2 unspecified atom stereocenters. The van der Waals surface area contributed by atoms with Crippen molar-refractivity contribution < 1.29 is 14.3 Å². The molecule has 0 bridgehead atoms. The van der Waals surface area contributed by atoms with Gasteiger partial charge >= 0.3 is 0 Å². The number of carbonyl (C=O) groups excluding carboxylic acids is 2. The van der Waals surface area contributed by atoms with Crippen molar-refractivity contribution in [3.05, 3.63) is 0 Å². The lowest BCUT2D eigenvalue weighted by molar-refractivity contribution is -0.148. The molecular weight excluding hydrogens is 234 g/mol. The van der Waals surface area contributed by atoms with Crippen LogP contribution in [0.3, 0.4) is 0 Å². The highest BCUT2D eigenvalue weighted by atomic mass is 16.5. The van der Waals surface area contributed by atoms with Crippen molar-refractivity contribution in [1.82, 2.24) is 15.1 Å². The van der Waals surface area contributed by atoms with Gasteiger partial charge in [0.05, 0.1) is 13.2 Å². The number of amides is 2. The fourth-order valence-corrected chi connectivity index (χ4v) is 1.79. The Bertz CT molecular complexity index is 307. The van der Waals surface area contributed by atoms with E-state index in [-0.39, 0.29) is 11.8 Å². The molecule has 1 heterocycles. The summed E-state index contributed by atoms with van der Waals surface area (Å²) in [7, 11) is 3.96. The Morgan fingerprint density at radius 1 is 1.28 bits per heavy atom. The number of carbonyl (C=O) groups is 2. The summed E-state index contributed by atoms with van der Waals surface area (Å²) in [6.07, 6.45) is 0. The highest BCUT2D eigenvalue weighted by Crippen LogP contribution is 2.08. The minimum atomic E-state index is -0.435. The topological polar surface area (TPSA) is 61.9 Å². The third-order valence-electron chi connectivity index (χ3n) is 3.02. The maximum Gasteiger partial charge on any atom is 0.245 e. The van der Waals surface area contributed by atoms with Gasteiger partial charge in [0, 0.05) is 13.1 Å². The van der Waals surface area contributed by atoms with E-state index in [0.717, 1.165) is 6.54 Å². The molecule has 1 rings (SSSR count). The number of rotatable bonds is 6. The van der Waals surface area contributed by atoms with E-state index >= 15 is 0 Å². The zero-order chi connectivity index (χ0) is 13.7. The van der Waals surface area contributed by atoms with Crippen LogP contribution in [0.1, 0.15) is 13.8 Å². The van der Waals surface area contributed by atoms with Crippen LogP contribution in [0.5, 0.6) is 0 Å². The lowest BCUT2D eigenvalue weighted by atomic mass is 10.1. The second-order valence-corrected chi connectivity index (χ2v) is 4.85.